The van der Waals surface area contributed by atoms with Crippen LogP contribution in [0.2, 0.25) is 0 Å². The molecule has 0 aromatic heterocycles. The van der Waals surface area contributed by atoms with E-state index in [4.69, 9.17) is 0 Å². The molecule has 2 aliphatic rings. The first kappa shape index (κ1) is 45.4. The first-order valence-corrected chi connectivity index (χ1v) is 25.0. The summed E-state index contributed by atoms with van der Waals surface area (Å²) in [6, 6.07) is 52.3. The maximum absolute atomic E-state index is 4.32. The van der Waals surface area contributed by atoms with E-state index < -0.39 is 0 Å². The molecule has 0 saturated heterocycles. The van der Waals surface area contributed by atoms with Crippen LogP contribution in [0.25, 0.3) is 54.9 Å². The molecule has 0 spiro atoms. The van der Waals surface area contributed by atoms with Gasteiger partial charge < -0.3 is 5.32 Å². The Kier molecular flexibility index (Phi) is 12.0. The van der Waals surface area contributed by atoms with Gasteiger partial charge in [-0.05, 0) is 181 Å². The zero-order chi connectivity index (χ0) is 46.6. The first-order valence-electron chi connectivity index (χ1n) is 24.1. The lowest BCUT2D eigenvalue weighted by Gasteiger charge is -2.44. The lowest BCUT2D eigenvalue weighted by molar-refractivity contribution is 0.259. The van der Waals surface area contributed by atoms with Crippen LogP contribution in [0.4, 0.5) is 11.4 Å². The summed E-state index contributed by atoms with van der Waals surface area (Å²) in [5.74, 6) is 0.685. The maximum atomic E-state index is 4.32. The maximum Gasteiger partial charge on any atom is 0.0809 e. The number of hydrogen-bond donors (Lipinski definition) is 1. The van der Waals surface area contributed by atoms with Gasteiger partial charge in [0.15, 0.2) is 0 Å². The molecule has 9 rings (SSSR count). The lowest BCUT2D eigenvalue weighted by atomic mass is 9.61. The molecule has 0 aliphatic heterocycles. The van der Waals surface area contributed by atoms with Gasteiger partial charge in [-0.15, -0.1) is 0 Å². The minimum absolute atomic E-state index is 0.0412. The smallest absolute Gasteiger partial charge is 0.0809 e. The summed E-state index contributed by atoms with van der Waals surface area (Å²) in [4.78, 5) is 0. The Balaban J connectivity index is 1.26. The fraction of sp³-hybridized carbons (Fsp3) is 0.302. The highest BCUT2D eigenvalue weighted by Crippen LogP contribution is 2.53. The average molecular weight is 885 g/mol. The van der Waals surface area contributed by atoms with Gasteiger partial charge in [0, 0.05) is 11.8 Å². The fourth-order valence-electron chi connectivity index (χ4n) is 10.7. The SMILES string of the molecule is C=C(C)/C=C1\C(=C/NCSN(c2cc3c(cc2C)C(C)(C)CCC3(C)C)c2ccc(-c3ccccc3)cc2-c2cc3ccccc3c3cc(-c4ccccc4)ccc23)C(C)(C)CCC1(C)C. The van der Waals surface area contributed by atoms with Crippen LogP contribution in [-0.2, 0) is 10.8 Å². The summed E-state index contributed by atoms with van der Waals surface area (Å²) >= 11 is 1.86. The second-order valence-electron chi connectivity index (χ2n) is 21.8. The molecule has 0 bridgehead atoms. The first-order chi connectivity index (χ1) is 31.4. The summed E-state index contributed by atoms with van der Waals surface area (Å²) in [7, 11) is 0. The second-order valence-corrected chi connectivity index (χ2v) is 22.7. The van der Waals surface area contributed by atoms with Crippen molar-refractivity contribution in [1.82, 2.24) is 5.32 Å². The Bertz CT molecular complexity index is 3030. The van der Waals surface area contributed by atoms with Crippen molar-refractivity contribution in [2.24, 2.45) is 10.8 Å². The molecule has 0 unspecified atom stereocenters. The number of hydrogen-bond acceptors (Lipinski definition) is 3. The van der Waals surface area contributed by atoms with Gasteiger partial charge in [0.2, 0.25) is 0 Å². The molecule has 7 aromatic rings. The van der Waals surface area contributed by atoms with Gasteiger partial charge in [0.25, 0.3) is 0 Å². The number of benzene rings is 7. The van der Waals surface area contributed by atoms with Crippen molar-refractivity contribution >= 4 is 44.9 Å². The molecule has 2 nitrogen and oxygen atoms in total. The third-order valence-electron chi connectivity index (χ3n) is 15.0. The van der Waals surface area contributed by atoms with Crippen molar-refractivity contribution in [1.29, 1.82) is 0 Å². The van der Waals surface area contributed by atoms with Crippen LogP contribution in [-0.4, -0.2) is 5.88 Å². The number of anilines is 2. The lowest BCUT2D eigenvalue weighted by Crippen LogP contribution is -2.34. The summed E-state index contributed by atoms with van der Waals surface area (Å²) < 4.78 is 2.56. The highest BCUT2D eigenvalue weighted by Gasteiger charge is 2.40. The van der Waals surface area contributed by atoms with E-state index in [-0.39, 0.29) is 21.7 Å². The highest BCUT2D eigenvalue weighted by molar-refractivity contribution is 8.00. The normalized spacial score (nSPS) is 18.3. The number of allylic oxidation sites excluding steroid dienone is 4. The molecule has 0 radical (unpaired) electrons. The predicted molar refractivity (Wildman–Crippen MR) is 290 cm³/mol. The number of aryl methyl sites for hydroxylation is 1. The third kappa shape index (κ3) is 8.68. The van der Waals surface area contributed by atoms with Crippen LogP contribution in [0.3, 0.4) is 0 Å². The average Bonchev–Trinajstić information content (AvgIpc) is 3.30. The number of rotatable bonds is 10. The zero-order valence-corrected chi connectivity index (χ0v) is 41.8. The van der Waals surface area contributed by atoms with Gasteiger partial charge in [0.1, 0.15) is 0 Å². The van der Waals surface area contributed by atoms with Gasteiger partial charge in [-0.3, -0.25) is 4.31 Å². The van der Waals surface area contributed by atoms with Crippen LogP contribution in [0.5, 0.6) is 0 Å². The molecule has 336 valence electrons. The summed E-state index contributed by atoms with van der Waals surface area (Å²) in [6.07, 6.45) is 9.30. The van der Waals surface area contributed by atoms with Crippen molar-refractivity contribution in [2.45, 2.75) is 106 Å². The van der Waals surface area contributed by atoms with Crippen molar-refractivity contribution < 1.29 is 0 Å². The van der Waals surface area contributed by atoms with Gasteiger partial charge in [-0.25, -0.2) is 0 Å². The minimum atomic E-state index is 0.0412. The molecule has 66 heavy (non-hydrogen) atoms. The number of nitrogens with one attached hydrogen (secondary N) is 1. The second kappa shape index (κ2) is 17.5. The van der Waals surface area contributed by atoms with Crippen LogP contribution < -0.4 is 9.62 Å². The molecule has 0 amide bonds. The monoisotopic (exact) mass is 885 g/mol. The number of nitrogens with zero attached hydrogens (tertiary/aromatic N) is 1. The molecule has 1 saturated carbocycles. The Morgan fingerprint density at radius 2 is 1.11 bits per heavy atom. The van der Waals surface area contributed by atoms with Crippen LogP contribution >= 0.6 is 11.9 Å². The van der Waals surface area contributed by atoms with Crippen LogP contribution in [0, 0.1) is 17.8 Å². The van der Waals surface area contributed by atoms with Gasteiger partial charge in [-0.1, -0.05) is 183 Å². The summed E-state index contributed by atoms with van der Waals surface area (Å²) in [5, 5.41) is 8.90. The molecule has 1 N–H and O–H groups in total. The predicted octanol–water partition coefficient (Wildman–Crippen LogP) is 18.2. The topological polar surface area (TPSA) is 15.3 Å². The standard InChI is InChI=1S/C63H68N2S/c1-42(2)34-54-57(63(10,11)33-32-60(54,4)5)40-64-41-66-65(59-39-56-55(35-43(59)3)61(6,7)30-31-62(56,8)9)58-29-27-47(45-22-16-13-17-23-45)37-53(58)52-38-48-24-18-19-25-49(48)51-36-46(26-28-50(51)52)44-20-14-12-15-21-44/h12-29,34-40,64H,1,30-33,41H2,2-11H3/b54-34+,57-40+. The van der Waals surface area contributed by atoms with Crippen LogP contribution in [0.1, 0.15) is 105 Å². The largest absolute Gasteiger partial charge is 0.380 e. The molecule has 0 heterocycles. The molecular weight excluding hydrogens is 817 g/mol. The van der Waals surface area contributed by atoms with Crippen molar-refractivity contribution in [3.05, 3.63) is 192 Å². The van der Waals surface area contributed by atoms with E-state index in [1.807, 2.05) is 11.9 Å². The van der Waals surface area contributed by atoms with Crippen molar-refractivity contribution in [2.75, 3.05) is 10.2 Å². The van der Waals surface area contributed by atoms with Crippen molar-refractivity contribution in [3.63, 3.8) is 0 Å². The minimum Gasteiger partial charge on any atom is -0.380 e. The van der Waals surface area contributed by atoms with E-state index >= 15 is 0 Å². The van der Waals surface area contributed by atoms with Crippen molar-refractivity contribution in [3.8, 4) is 33.4 Å². The molecular formula is C63H68N2S. The van der Waals surface area contributed by atoms with Gasteiger partial charge in [-0.2, -0.15) is 0 Å². The molecule has 2 aliphatic carbocycles. The fourth-order valence-corrected chi connectivity index (χ4v) is 11.7. The van der Waals surface area contributed by atoms with E-state index in [0.717, 1.165) is 24.8 Å². The molecule has 7 aromatic carbocycles. The summed E-state index contributed by atoms with van der Waals surface area (Å²) in [6.45, 7) is 28.1. The zero-order valence-electron chi connectivity index (χ0n) is 41.0. The number of fused-ring (bicyclic) bond motifs is 4. The highest BCUT2D eigenvalue weighted by atomic mass is 32.2. The third-order valence-corrected chi connectivity index (χ3v) is 16.0. The Morgan fingerprint density at radius 1 is 0.545 bits per heavy atom. The van der Waals surface area contributed by atoms with E-state index in [0.29, 0.717) is 5.88 Å². The van der Waals surface area contributed by atoms with Gasteiger partial charge in [0.05, 0.1) is 17.3 Å². The Hall–Kier alpha value is -5.77. The molecule has 1 fully saturated rings. The Labute approximate surface area is 400 Å². The van der Waals surface area contributed by atoms with E-state index in [9.17, 15) is 0 Å². The van der Waals surface area contributed by atoms with E-state index in [2.05, 4.69) is 237 Å². The van der Waals surface area contributed by atoms with E-state index in [1.54, 1.807) is 0 Å². The van der Waals surface area contributed by atoms with E-state index in [1.165, 1.54) is 101 Å². The molecule has 3 heteroatoms. The summed E-state index contributed by atoms with van der Waals surface area (Å²) in [5.41, 5.74) is 18.1. The van der Waals surface area contributed by atoms with Gasteiger partial charge >= 0.3 is 0 Å². The molecule has 0 atom stereocenters. The quantitative estimate of drug-likeness (QED) is 0.0638. The van der Waals surface area contributed by atoms with Crippen LogP contribution in [0.15, 0.2) is 175 Å². The Morgan fingerprint density at radius 3 is 1.76 bits per heavy atom.